The minimum atomic E-state index is -1.06. The summed E-state index contributed by atoms with van der Waals surface area (Å²) in [7, 11) is 0. The number of hydrogen-bond donors (Lipinski definition) is 4. The highest BCUT2D eigenvalue weighted by atomic mass is 16.2. The van der Waals surface area contributed by atoms with Crippen LogP contribution in [0.4, 0.5) is 0 Å². The summed E-state index contributed by atoms with van der Waals surface area (Å²) in [6.45, 7) is 11.9. The second-order valence-electron chi connectivity index (χ2n) is 16.5. The van der Waals surface area contributed by atoms with E-state index in [2.05, 4.69) is 44.4 Å². The second-order valence-corrected chi connectivity index (χ2v) is 16.5. The molecular weight excluding hydrogens is 711 g/mol. The standard InChI is InChI=1S/C43H55N7O6/c1-5-18-46-40(54)36(51)32(22-27-13-14-27)47-39(53)35-31(26(2)3)15-21-50(35)42(56)34(30-23-28-11-7-8-12-29(28)24-30)48-41(55)37(43(4)16-9-6-10-17-43)49-38(52)33-25-44-19-20-45-33/h5,7-8,11-12,19-20,25,27,30-32,34-35,37H,1-2,6,9-10,13-18,21-24H2,3-4H3,(H,46,54)(H,47,53)(H,48,55)(H,49,52)/t31-,32?,34+,35+,37-/m1/s1. The summed E-state index contributed by atoms with van der Waals surface area (Å²) in [6.07, 6.45) is 13.6. The van der Waals surface area contributed by atoms with Crippen LogP contribution in [-0.4, -0.2) is 87.4 Å². The van der Waals surface area contributed by atoms with Crippen molar-refractivity contribution in [2.24, 2.45) is 23.2 Å². The van der Waals surface area contributed by atoms with Gasteiger partial charge in [0, 0.05) is 31.4 Å². The quantitative estimate of drug-likeness (QED) is 0.148. The van der Waals surface area contributed by atoms with E-state index in [0.717, 1.165) is 43.2 Å². The average molecular weight is 766 g/mol. The molecule has 2 heterocycles. The Hall–Kier alpha value is -5.20. The monoisotopic (exact) mass is 765 g/mol. The van der Waals surface area contributed by atoms with Gasteiger partial charge in [-0.25, -0.2) is 4.98 Å². The third kappa shape index (κ3) is 9.25. The number of ketones is 1. The SMILES string of the molecule is C=CCNC(=O)C(=O)C(CC1CC1)NC(=O)[C@@H]1[C@@H](C(=C)C)CCN1C(=O)[C@@H](NC(=O)[C@@H](NC(=O)c1cnccn1)C1(C)CCCCC1)C1Cc2ccccc2C1. The van der Waals surface area contributed by atoms with Crippen molar-refractivity contribution in [2.45, 2.75) is 109 Å². The molecule has 13 heteroatoms. The van der Waals surface area contributed by atoms with Gasteiger partial charge in [-0.1, -0.05) is 81.5 Å². The molecule has 4 N–H and O–H groups in total. The van der Waals surface area contributed by atoms with Crippen LogP contribution >= 0.6 is 0 Å². The van der Waals surface area contributed by atoms with E-state index < -0.39 is 70.8 Å². The molecule has 0 radical (unpaired) electrons. The lowest BCUT2D eigenvalue weighted by molar-refractivity contribution is -0.145. The predicted octanol–water partition coefficient (Wildman–Crippen LogP) is 3.39. The predicted molar refractivity (Wildman–Crippen MR) is 210 cm³/mol. The first kappa shape index (κ1) is 40.5. The smallest absolute Gasteiger partial charge is 0.289 e. The Morgan fingerprint density at radius 1 is 0.964 bits per heavy atom. The minimum absolute atomic E-state index is 0.0805. The number of aromatic nitrogens is 2. The lowest BCUT2D eigenvalue weighted by atomic mass is 9.70. The normalized spacial score (nSPS) is 21.8. The van der Waals surface area contributed by atoms with E-state index >= 15 is 4.79 Å². The molecule has 1 aliphatic heterocycles. The molecule has 3 fully saturated rings. The van der Waals surface area contributed by atoms with Gasteiger partial charge in [0.2, 0.25) is 23.5 Å². The summed E-state index contributed by atoms with van der Waals surface area (Å²) in [6, 6.07) is 3.87. The fourth-order valence-corrected chi connectivity index (χ4v) is 8.92. The van der Waals surface area contributed by atoms with E-state index in [1.807, 2.05) is 38.1 Å². The number of fused-ring (bicyclic) bond motifs is 1. The molecular formula is C43H55N7O6. The number of nitrogens with one attached hydrogen (secondary N) is 4. The van der Waals surface area contributed by atoms with E-state index in [0.29, 0.717) is 44.1 Å². The highest BCUT2D eigenvalue weighted by Crippen LogP contribution is 2.40. The zero-order valence-corrected chi connectivity index (χ0v) is 32.6. The summed E-state index contributed by atoms with van der Waals surface area (Å²) >= 11 is 0. The van der Waals surface area contributed by atoms with Crippen LogP contribution in [0.2, 0.25) is 0 Å². The molecule has 3 aliphatic carbocycles. The maximum atomic E-state index is 15.1. The highest BCUT2D eigenvalue weighted by Gasteiger charge is 2.49. The Bertz CT molecular complexity index is 1810. The van der Waals surface area contributed by atoms with Crippen LogP contribution in [0.25, 0.3) is 0 Å². The number of nitrogens with zero attached hydrogens (tertiary/aromatic N) is 3. The molecule has 4 aliphatic rings. The number of carbonyl (C=O) groups is 6. The Kier molecular flexibility index (Phi) is 12.8. The molecule has 5 atom stereocenters. The van der Waals surface area contributed by atoms with Crippen LogP contribution in [0.5, 0.6) is 0 Å². The first-order valence-corrected chi connectivity index (χ1v) is 20.0. The maximum Gasteiger partial charge on any atom is 0.289 e. The molecule has 1 saturated heterocycles. The average Bonchev–Trinajstić information content (AvgIpc) is 3.72. The van der Waals surface area contributed by atoms with Gasteiger partial charge in [0.25, 0.3) is 11.8 Å². The van der Waals surface area contributed by atoms with E-state index in [-0.39, 0.29) is 30.6 Å². The van der Waals surface area contributed by atoms with Gasteiger partial charge in [0.05, 0.1) is 12.2 Å². The molecule has 2 aromatic rings. The first-order chi connectivity index (χ1) is 26.9. The van der Waals surface area contributed by atoms with Crippen molar-refractivity contribution in [1.29, 1.82) is 0 Å². The topological polar surface area (TPSA) is 180 Å². The van der Waals surface area contributed by atoms with Crippen molar-refractivity contribution in [3.63, 3.8) is 0 Å². The van der Waals surface area contributed by atoms with Gasteiger partial charge < -0.3 is 26.2 Å². The number of Topliss-reactive ketones (excluding diaryl/α,β-unsaturated/α-hetero) is 1. The van der Waals surface area contributed by atoms with Crippen LogP contribution in [0.1, 0.15) is 93.3 Å². The molecule has 1 aromatic heterocycles. The van der Waals surface area contributed by atoms with Crippen molar-refractivity contribution in [3.05, 3.63) is 84.5 Å². The molecule has 1 aromatic carbocycles. The molecule has 0 bridgehead atoms. The fraction of sp³-hybridized carbons (Fsp3) is 0.535. The minimum Gasteiger partial charge on any atom is -0.346 e. The highest BCUT2D eigenvalue weighted by molar-refractivity contribution is 6.38. The zero-order chi connectivity index (χ0) is 40.0. The fourth-order valence-electron chi connectivity index (χ4n) is 8.92. The van der Waals surface area contributed by atoms with Crippen LogP contribution in [0.15, 0.2) is 67.7 Å². The van der Waals surface area contributed by atoms with Gasteiger partial charge in [0.1, 0.15) is 23.8 Å². The van der Waals surface area contributed by atoms with E-state index in [1.54, 1.807) is 0 Å². The van der Waals surface area contributed by atoms with Gasteiger partial charge in [-0.05, 0) is 73.8 Å². The Morgan fingerprint density at radius 3 is 2.27 bits per heavy atom. The van der Waals surface area contributed by atoms with Crippen LogP contribution in [-0.2, 0) is 36.8 Å². The van der Waals surface area contributed by atoms with Crippen LogP contribution < -0.4 is 21.3 Å². The largest absolute Gasteiger partial charge is 0.346 e. The van der Waals surface area contributed by atoms with E-state index in [1.165, 1.54) is 29.6 Å². The Labute approximate surface area is 328 Å². The van der Waals surface area contributed by atoms with Gasteiger partial charge >= 0.3 is 0 Å². The number of benzene rings is 1. The van der Waals surface area contributed by atoms with Gasteiger partial charge in [0.15, 0.2) is 0 Å². The summed E-state index contributed by atoms with van der Waals surface area (Å²) in [5.41, 5.74) is 2.37. The number of carbonyl (C=O) groups excluding carboxylic acids is 6. The van der Waals surface area contributed by atoms with Gasteiger partial charge in [-0.3, -0.25) is 33.8 Å². The lowest BCUT2D eigenvalue weighted by Gasteiger charge is -2.41. The summed E-state index contributed by atoms with van der Waals surface area (Å²) in [5.74, 6) is -4.03. The third-order valence-corrected chi connectivity index (χ3v) is 12.3. The molecule has 0 spiro atoms. The lowest BCUT2D eigenvalue weighted by Crippen LogP contribution is -2.62. The summed E-state index contributed by atoms with van der Waals surface area (Å²) in [4.78, 5) is 93.5. The third-order valence-electron chi connectivity index (χ3n) is 12.3. The molecule has 13 nitrogen and oxygen atoms in total. The molecule has 56 heavy (non-hydrogen) atoms. The summed E-state index contributed by atoms with van der Waals surface area (Å²) < 4.78 is 0. The van der Waals surface area contributed by atoms with Crippen LogP contribution in [0.3, 0.4) is 0 Å². The zero-order valence-electron chi connectivity index (χ0n) is 32.6. The number of amides is 5. The van der Waals surface area contributed by atoms with Crippen molar-refractivity contribution < 1.29 is 28.8 Å². The number of hydrogen-bond acceptors (Lipinski definition) is 8. The molecule has 6 rings (SSSR count). The van der Waals surface area contributed by atoms with Crippen molar-refractivity contribution in [3.8, 4) is 0 Å². The Morgan fingerprint density at radius 2 is 1.66 bits per heavy atom. The van der Waals surface area contributed by atoms with E-state index in [4.69, 9.17) is 0 Å². The number of rotatable bonds is 16. The second kappa shape index (κ2) is 17.7. The van der Waals surface area contributed by atoms with Gasteiger partial charge in [-0.2, -0.15) is 0 Å². The summed E-state index contributed by atoms with van der Waals surface area (Å²) in [5, 5.41) is 11.5. The van der Waals surface area contributed by atoms with Gasteiger partial charge in [-0.15, -0.1) is 6.58 Å². The molecule has 5 amide bonds. The molecule has 1 unspecified atom stereocenters. The molecule has 298 valence electrons. The van der Waals surface area contributed by atoms with Crippen molar-refractivity contribution in [2.75, 3.05) is 13.1 Å². The van der Waals surface area contributed by atoms with Crippen LogP contribution in [0, 0.1) is 23.2 Å². The molecule has 2 saturated carbocycles. The van der Waals surface area contributed by atoms with Crippen molar-refractivity contribution >= 4 is 35.3 Å². The van der Waals surface area contributed by atoms with E-state index in [9.17, 15) is 24.0 Å². The maximum absolute atomic E-state index is 15.1. The number of likely N-dealkylation sites (tertiary alicyclic amines) is 1. The van der Waals surface area contributed by atoms with Crippen molar-refractivity contribution in [1.82, 2.24) is 36.1 Å². The first-order valence-electron chi connectivity index (χ1n) is 20.0. The Balaban J connectivity index is 1.30.